The van der Waals surface area contributed by atoms with E-state index in [-0.39, 0.29) is 5.56 Å². The van der Waals surface area contributed by atoms with Gasteiger partial charge in [0.25, 0.3) is 0 Å². The Bertz CT molecular complexity index is 593. The van der Waals surface area contributed by atoms with Gasteiger partial charge in [0.1, 0.15) is 11.6 Å². The predicted molar refractivity (Wildman–Crippen MR) is 70.2 cm³/mol. The third-order valence-corrected chi connectivity index (χ3v) is 2.76. The van der Waals surface area contributed by atoms with Gasteiger partial charge in [-0.2, -0.15) is 0 Å². The summed E-state index contributed by atoms with van der Waals surface area (Å²) < 4.78 is 7.42. The summed E-state index contributed by atoms with van der Waals surface area (Å²) in [6.07, 6.45) is 4.20. The molecule has 2 rings (SSSR count). The lowest BCUT2D eigenvalue weighted by Crippen LogP contribution is -2.08. The second-order valence-electron chi connectivity index (χ2n) is 4.11. The number of benzene rings is 1. The van der Waals surface area contributed by atoms with Crippen molar-refractivity contribution in [3.8, 4) is 5.75 Å². The molecule has 0 amide bonds. The highest BCUT2D eigenvalue weighted by Crippen LogP contribution is 2.22. The van der Waals surface area contributed by atoms with E-state index in [9.17, 15) is 4.79 Å². The van der Waals surface area contributed by atoms with E-state index in [0.717, 1.165) is 5.82 Å². The van der Waals surface area contributed by atoms with Crippen LogP contribution in [-0.4, -0.2) is 27.2 Å². The van der Waals surface area contributed by atoms with E-state index in [1.165, 1.54) is 18.2 Å². The molecule has 0 unspecified atom stereocenters. The Morgan fingerprint density at radius 1 is 1.53 bits per heavy atom. The van der Waals surface area contributed by atoms with Crippen LogP contribution in [0.4, 0.5) is 5.69 Å². The molecule has 6 heteroatoms. The molecule has 0 aliphatic carbocycles. The third-order valence-electron chi connectivity index (χ3n) is 2.76. The fourth-order valence-electron chi connectivity index (χ4n) is 1.68. The molecule has 3 N–H and O–H groups in total. The first-order valence-electron chi connectivity index (χ1n) is 5.79. The van der Waals surface area contributed by atoms with Gasteiger partial charge in [0.15, 0.2) is 0 Å². The minimum Gasteiger partial charge on any atom is -0.491 e. The van der Waals surface area contributed by atoms with Crippen molar-refractivity contribution >= 4 is 11.7 Å². The lowest BCUT2D eigenvalue weighted by Gasteiger charge is -2.09. The van der Waals surface area contributed by atoms with Gasteiger partial charge >= 0.3 is 5.97 Å². The van der Waals surface area contributed by atoms with Crippen molar-refractivity contribution in [3.05, 3.63) is 42.0 Å². The van der Waals surface area contributed by atoms with Crippen LogP contribution >= 0.6 is 0 Å². The molecule has 1 heterocycles. The highest BCUT2D eigenvalue weighted by Gasteiger charge is 2.08. The molecule has 6 nitrogen and oxygen atoms in total. The number of anilines is 1. The smallest absolute Gasteiger partial charge is 0.335 e. The van der Waals surface area contributed by atoms with E-state index in [2.05, 4.69) is 4.98 Å². The van der Waals surface area contributed by atoms with Crippen molar-refractivity contribution in [1.29, 1.82) is 0 Å². The molecule has 100 valence electrons. The van der Waals surface area contributed by atoms with E-state index in [0.29, 0.717) is 24.5 Å². The minimum atomic E-state index is -1.01. The van der Waals surface area contributed by atoms with Gasteiger partial charge in [-0.15, -0.1) is 0 Å². The van der Waals surface area contributed by atoms with E-state index >= 15 is 0 Å². The largest absolute Gasteiger partial charge is 0.491 e. The summed E-state index contributed by atoms with van der Waals surface area (Å²) in [6.45, 7) is 0.387. The standard InChI is InChI=1S/C13H15N3O3/c1-16-6-5-15-12(16)4-7-19-11-8-9(13(17)18)2-3-10(11)14/h2-3,5-6,8H,4,7,14H2,1H3,(H,17,18). The van der Waals surface area contributed by atoms with Gasteiger partial charge < -0.3 is 20.1 Å². The van der Waals surface area contributed by atoms with Crippen molar-refractivity contribution in [1.82, 2.24) is 9.55 Å². The molecule has 0 aliphatic heterocycles. The number of imidazole rings is 1. The SMILES string of the molecule is Cn1ccnc1CCOc1cc(C(=O)O)ccc1N. The Labute approximate surface area is 110 Å². The van der Waals surface area contributed by atoms with Gasteiger partial charge in [-0.3, -0.25) is 0 Å². The van der Waals surface area contributed by atoms with Crippen molar-refractivity contribution in [2.75, 3.05) is 12.3 Å². The van der Waals surface area contributed by atoms with E-state index in [1.54, 1.807) is 6.20 Å². The van der Waals surface area contributed by atoms with Crippen LogP contribution in [0.5, 0.6) is 5.75 Å². The lowest BCUT2D eigenvalue weighted by molar-refractivity contribution is 0.0696. The Kier molecular flexibility index (Phi) is 3.70. The van der Waals surface area contributed by atoms with Crippen LogP contribution in [0.25, 0.3) is 0 Å². The molecule has 0 spiro atoms. The second-order valence-corrected chi connectivity index (χ2v) is 4.11. The summed E-state index contributed by atoms with van der Waals surface area (Å²) in [7, 11) is 1.90. The topological polar surface area (TPSA) is 90.4 Å². The third kappa shape index (κ3) is 3.04. The van der Waals surface area contributed by atoms with E-state index in [4.69, 9.17) is 15.6 Å². The summed E-state index contributed by atoms with van der Waals surface area (Å²) in [5, 5.41) is 8.90. The first-order chi connectivity index (χ1) is 9.08. The molecular formula is C13H15N3O3. The predicted octanol–water partition coefficient (Wildman–Crippen LogP) is 1.32. The van der Waals surface area contributed by atoms with Crippen molar-refractivity contribution in [2.45, 2.75) is 6.42 Å². The molecular weight excluding hydrogens is 246 g/mol. The number of carboxylic acid groups (broad SMARTS) is 1. The molecule has 0 saturated heterocycles. The van der Waals surface area contributed by atoms with Gasteiger partial charge in [0.05, 0.1) is 17.9 Å². The quantitative estimate of drug-likeness (QED) is 0.792. The molecule has 0 atom stereocenters. The number of ether oxygens (including phenoxy) is 1. The second kappa shape index (κ2) is 5.43. The van der Waals surface area contributed by atoms with Crippen LogP contribution in [0.15, 0.2) is 30.6 Å². The average Bonchev–Trinajstić information content (AvgIpc) is 2.77. The molecule has 2 aromatic rings. The van der Waals surface area contributed by atoms with Gasteiger partial charge in [-0.25, -0.2) is 9.78 Å². The monoisotopic (exact) mass is 261 g/mol. The zero-order valence-electron chi connectivity index (χ0n) is 10.5. The molecule has 0 fully saturated rings. The van der Waals surface area contributed by atoms with Crippen LogP contribution < -0.4 is 10.5 Å². The number of aromatic nitrogens is 2. The molecule has 0 saturated carbocycles. The molecule has 1 aromatic heterocycles. The normalized spacial score (nSPS) is 10.4. The number of aromatic carboxylic acids is 1. The minimum absolute atomic E-state index is 0.154. The molecule has 19 heavy (non-hydrogen) atoms. The van der Waals surface area contributed by atoms with Crippen LogP contribution in [0, 0.1) is 0 Å². The fourth-order valence-corrected chi connectivity index (χ4v) is 1.68. The molecule has 0 radical (unpaired) electrons. The van der Waals surface area contributed by atoms with Crippen LogP contribution in [0.3, 0.4) is 0 Å². The van der Waals surface area contributed by atoms with Crippen molar-refractivity contribution in [2.24, 2.45) is 7.05 Å². The van der Waals surface area contributed by atoms with Crippen molar-refractivity contribution < 1.29 is 14.6 Å². The summed E-state index contributed by atoms with van der Waals surface area (Å²) >= 11 is 0. The molecule has 1 aromatic carbocycles. The maximum Gasteiger partial charge on any atom is 0.335 e. The van der Waals surface area contributed by atoms with Gasteiger partial charge in [0, 0.05) is 25.9 Å². The first-order valence-corrected chi connectivity index (χ1v) is 5.79. The first kappa shape index (κ1) is 12.9. The van der Waals surface area contributed by atoms with Gasteiger partial charge in [-0.05, 0) is 18.2 Å². The fraction of sp³-hybridized carbons (Fsp3) is 0.231. The van der Waals surface area contributed by atoms with Crippen LogP contribution in [0.2, 0.25) is 0 Å². The molecule has 0 aliphatic rings. The summed E-state index contributed by atoms with van der Waals surface area (Å²) in [6, 6.07) is 4.40. The number of nitrogen functional groups attached to an aromatic ring is 1. The number of rotatable bonds is 5. The summed E-state index contributed by atoms with van der Waals surface area (Å²) in [5.74, 6) is 0.274. The van der Waals surface area contributed by atoms with Gasteiger partial charge in [-0.1, -0.05) is 0 Å². The number of carboxylic acids is 1. The number of aryl methyl sites for hydroxylation is 1. The number of hydrogen-bond donors (Lipinski definition) is 2. The molecule has 0 bridgehead atoms. The summed E-state index contributed by atoms with van der Waals surface area (Å²) in [4.78, 5) is 15.0. The Morgan fingerprint density at radius 2 is 2.32 bits per heavy atom. The Morgan fingerprint density at radius 3 is 2.95 bits per heavy atom. The number of nitrogens with two attached hydrogens (primary N) is 1. The summed E-state index contributed by atoms with van der Waals surface area (Å²) in [5.41, 5.74) is 6.32. The van der Waals surface area contributed by atoms with Crippen molar-refractivity contribution in [3.63, 3.8) is 0 Å². The maximum atomic E-state index is 10.9. The highest BCUT2D eigenvalue weighted by atomic mass is 16.5. The van der Waals surface area contributed by atoms with Gasteiger partial charge in [0.2, 0.25) is 0 Å². The van der Waals surface area contributed by atoms with E-state index < -0.39 is 5.97 Å². The van der Waals surface area contributed by atoms with Crippen LogP contribution in [0.1, 0.15) is 16.2 Å². The lowest BCUT2D eigenvalue weighted by atomic mass is 10.2. The number of nitrogens with zero attached hydrogens (tertiary/aromatic N) is 2. The number of carbonyl (C=O) groups is 1. The Hall–Kier alpha value is -2.50. The Balaban J connectivity index is 2.01. The van der Waals surface area contributed by atoms with Crippen LogP contribution in [-0.2, 0) is 13.5 Å². The zero-order valence-corrected chi connectivity index (χ0v) is 10.5. The number of hydrogen-bond acceptors (Lipinski definition) is 4. The van der Waals surface area contributed by atoms with E-state index in [1.807, 2.05) is 17.8 Å². The average molecular weight is 261 g/mol. The zero-order chi connectivity index (χ0) is 13.8. The highest BCUT2D eigenvalue weighted by molar-refractivity contribution is 5.89. The maximum absolute atomic E-state index is 10.9.